The van der Waals surface area contributed by atoms with Crippen molar-refractivity contribution in [3.05, 3.63) is 47.8 Å². The Hall–Kier alpha value is -3.59. The summed E-state index contributed by atoms with van der Waals surface area (Å²) in [6.07, 6.45) is -2.85. The molecule has 1 atom stereocenters. The smallest absolute Gasteiger partial charge is 0.408 e. The van der Waals surface area contributed by atoms with E-state index in [1.807, 2.05) is 0 Å². The standard InChI is InChI=1S/C25H28F5N8O2/c1-15(39)24(40)35-7-5-17(6-8-35)36-11-18(12-36)38-13-20(22(34-38)23(26)27)33-21-4-2-3-19(32-21)16-9-31-37(10-16)14-25(28,29)30/h2-4,9-10,13,15,17-18,23,39H,5-8,11-12,14H2,1H3/q-1/t15-/m1/s1. The molecular weight excluding hydrogens is 539 g/mol. The van der Waals surface area contributed by atoms with Gasteiger partial charge in [-0.3, -0.25) is 19.1 Å². The number of alkyl halides is 5. The van der Waals surface area contributed by atoms with Gasteiger partial charge in [0.25, 0.3) is 12.3 Å². The number of aliphatic hydroxyl groups excluding tert-OH is 1. The number of halogens is 5. The molecule has 0 aliphatic carbocycles. The van der Waals surface area contributed by atoms with Crippen LogP contribution in [0.1, 0.15) is 37.9 Å². The van der Waals surface area contributed by atoms with Crippen LogP contribution in [0.2, 0.25) is 0 Å². The minimum Gasteiger partial charge on any atom is -0.436 e. The summed E-state index contributed by atoms with van der Waals surface area (Å²) >= 11 is 0. The lowest BCUT2D eigenvalue weighted by atomic mass is 9.97. The van der Waals surface area contributed by atoms with Gasteiger partial charge < -0.3 is 20.3 Å². The molecule has 216 valence electrons. The zero-order valence-corrected chi connectivity index (χ0v) is 21.5. The number of likely N-dealkylation sites (tertiary alicyclic amines) is 2. The van der Waals surface area contributed by atoms with Crippen LogP contribution in [0.5, 0.6) is 0 Å². The summed E-state index contributed by atoms with van der Waals surface area (Å²) in [6, 6.07) is 4.81. The number of carbonyl (C=O) groups is 1. The van der Waals surface area contributed by atoms with E-state index < -0.39 is 30.9 Å². The molecule has 2 saturated heterocycles. The molecule has 3 aromatic rings. The Balaban J connectivity index is 1.22. The summed E-state index contributed by atoms with van der Waals surface area (Å²) in [5, 5.41) is 21.6. The molecule has 2 aliphatic rings. The van der Waals surface area contributed by atoms with E-state index in [2.05, 4.69) is 25.4 Å². The number of pyridine rings is 1. The Labute approximate surface area is 226 Å². The second-order valence-corrected chi connectivity index (χ2v) is 10.1. The topological polar surface area (TPSA) is 106 Å². The molecule has 2 fully saturated rings. The zero-order valence-electron chi connectivity index (χ0n) is 21.5. The summed E-state index contributed by atoms with van der Waals surface area (Å²) < 4.78 is 67.8. The van der Waals surface area contributed by atoms with Gasteiger partial charge in [-0.2, -0.15) is 23.4 Å². The van der Waals surface area contributed by atoms with Crippen molar-refractivity contribution in [2.75, 3.05) is 26.2 Å². The molecule has 15 heteroatoms. The van der Waals surface area contributed by atoms with E-state index in [1.54, 1.807) is 17.0 Å². The van der Waals surface area contributed by atoms with Crippen LogP contribution in [0.15, 0.2) is 36.8 Å². The summed E-state index contributed by atoms with van der Waals surface area (Å²) in [7, 11) is 0. The molecule has 10 nitrogen and oxygen atoms in total. The lowest BCUT2D eigenvalue weighted by Crippen LogP contribution is -2.56. The van der Waals surface area contributed by atoms with Gasteiger partial charge in [-0.25, -0.2) is 8.78 Å². The molecule has 0 saturated carbocycles. The fourth-order valence-electron chi connectivity index (χ4n) is 5.03. The van der Waals surface area contributed by atoms with Crippen molar-refractivity contribution in [1.82, 2.24) is 34.3 Å². The second-order valence-electron chi connectivity index (χ2n) is 10.1. The summed E-state index contributed by atoms with van der Waals surface area (Å²) in [5.74, 6) is -0.167. The second kappa shape index (κ2) is 11.1. The predicted octanol–water partition coefficient (Wildman–Crippen LogP) is 4.21. The van der Waals surface area contributed by atoms with Crippen LogP contribution in [-0.2, 0) is 11.3 Å². The molecule has 0 spiro atoms. The highest BCUT2D eigenvalue weighted by atomic mass is 19.4. The SMILES string of the molecule is C[C@@H](O)C(=O)N1CCC(N2CC(n3cc([N-]c4cccc(-c5cnn(CC(F)(F)F)c5)n4)c(C(F)F)n3)C2)CC1. The van der Waals surface area contributed by atoms with Crippen molar-refractivity contribution in [2.45, 2.75) is 57.1 Å². The van der Waals surface area contributed by atoms with E-state index in [-0.39, 0.29) is 29.5 Å². The quantitative estimate of drug-likeness (QED) is 0.409. The highest BCUT2D eigenvalue weighted by Crippen LogP contribution is 2.39. The van der Waals surface area contributed by atoms with Gasteiger partial charge in [-0.1, -0.05) is 24.0 Å². The molecule has 0 unspecified atom stereocenters. The van der Waals surface area contributed by atoms with Crippen LogP contribution in [0.3, 0.4) is 0 Å². The fourth-order valence-corrected chi connectivity index (χ4v) is 5.03. The van der Waals surface area contributed by atoms with Gasteiger partial charge in [0.1, 0.15) is 18.3 Å². The van der Waals surface area contributed by atoms with Crippen LogP contribution < -0.4 is 0 Å². The number of carbonyl (C=O) groups excluding carboxylic acids is 1. The number of hydrogen-bond acceptors (Lipinski definition) is 6. The third-order valence-corrected chi connectivity index (χ3v) is 7.10. The molecule has 0 aromatic carbocycles. The monoisotopic (exact) mass is 567 g/mol. The lowest BCUT2D eigenvalue weighted by molar-refractivity contribution is -0.142. The van der Waals surface area contributed by atoms with E-state index >= 15 is 0 Å². The van der Waals surface area contributed by atoms with Gasteiger partial charge in [0.15, 0.2) is 0 Å². The summed E-state index contributed by atoms with van der Waals surface area (Å²) in [4.78, 5) is 20.2. The van der Waals surface area contributed by atoms with Crippen LogP contribution in [0.25, 0.3) is 16.6 Å². The molecule has 5 rings (SSSR count). The maximum atomic E-state index is 13.8. The number of nitrogens with zero attached hydrogens (tertiary/aromatic N) is 8. The molecule has 40 heavy (non-hydrogen) atoms. The van der Waals surface area contributed by atoms with Crippen molar-refractivity contribution in [1.29, 1.82) is 0 Å². The minimum atomic E-state index is -4.42. The number of aliphatic hydroxyl groups is 1. The van der Waals surface area contributed by atoms with Crippen molar-refractivity contribution in [3.63, 3.8) is 0 Å². The minimum absolute atomic E-state index is 0.0317. The maximum Gasteiger partial charge on any atom is 0.408 e. The van der Waals surface area contributed by atoms with Crippen molar-refractivity contribution >= 4 is 17.4 Å². The predicted molar refractivity (Wildman–Crippen MR) is 133 cm³/mol. The highest BCUT2D eigenvalue weighted by molar-refractivity contribution is 5.80. The largest absolute Gasteiger partial charge is 0.436 e. The first kappa shape index (κ1) is 28.0. The first-order valence-electron chi connectivity index (χ1n) is 12.8. The van der Waals surface area contributed by atoms with Gasteiger partial charge in [-0.05, 0) is 25.5 Å². The first-order chi connectivity index (χ1) is 19.0. The molecule has 0 bridgehead atoms. The number of piperidine rings is 1. The zero-order chi connectivity index (χ0) is 28.6. The average Bonchev–Trinajstić information content (AvgIpc) is 3.49. The van der Waals surface area contributed by atoms with Gasteiger partial charge in [0.05, 0.1) is 12.2 Å². The van der Waals surface area contributed by atoms with Crippen molar-refractivity contribution in [3.8, 4) is 11.3 Å². The molecule has 1 amide bonds. The summed E-state index contributed by atoms with van der Waals surface area (Å²) in [5.41, 5.74) is 0.127. The van der Waals surface area contributed by atoms with Gasteiger partial charge in [-0.15, -0.1) is 0 Å². The first-order valence-corrected chi connectivity index (χ1v) is 12.8. The number of aromatic nitrogens is 5. The van der Waals surface area contributed by atoms with Crippen LogP contribution in [-0.4, -0.2) is 89.9 Å². The number of rotatable bonds is 8. The Morgan fingerprint density at radius 3 is 2.52 bits per heavy atom. The molecule has 5 heterocycles. The van der Waals surface area contributed by atoms with Gasteiger partial charge in [0.2, 0.25) is 0 Å². The lowest BCUT2D eigenvalue weighted by Gasteiger charge is -2.47. The van der Waals surface area contributed by atoms with Crippen LogP contribution in [0.4, 0.5) is 33.5 Å². The van der Waals surface area contributed by atoms with E-state index in [0.29, 0.717) is 37.4 Å². The van der Waals surface area contributed by atoms with Gasteiger partial charge in [0, 0.05) is 55.9 Å². The van der Waals surface area contributed by atoms with Crippen molar-refractivity contribution in [2.24, 2.45) is 0 Å². The van der Waals surface area contributed by atoms with Gasteiger partial charge >= 0.3 is 6.18 Å². The Morgan fingerprint density at radius 1 is 1.15 bits per heavy atom. The number of amides is 1. The van der Waals surface area contributed by atoms with Crippen LogP contribution in [0, 0.1) is 0 Å². The third-order valence-electron chi connectivity index (χ3n) is 7.10. The summed E-state index contributed by atoms with van der Waals surface area (Å²) in [6.45, 7) is 2.57. The van der Waals surface area contributed by atoms with Crippen molar-refractivity contribution < 1.29 is 31.9 Å². The Morgan fingerprint density at radius 2 is 1.88 bits per heavy atom. The fraction of sp³-hybridized carbons (Fsp3) is 0.520. The average molecular weight is 568 g/mol. The van der Waals surface area contributed by atoms with E-state index in [4.69, 9.17) is 0 Å². The normalized spacial score (nSPS) is 18.2. The highest BCUT2D eigenvalue weighted by Gasteiger charge is 2.37. The molecule has 2 aliphatic heterocycles. The molecule has 1 N–H and O–H groups in total. The third kappa shape index (κ3) is 6.25. The van der Waals surface area contributed by atoms with E-state index in [0.717, 1.165) is 17.5 Å². The Bertz CT molecular complexity index is 1330. The molecule has 0 radical (unpaired) electrons. The molecular formula is C25H28F5N8O2-. The van der Waals surface area contributed by atoms with Crippen LogP contribution >= 0.6 is 0 Å². The Kier molecular flexibility index (Phi) is 7.77. The molecule has 3 aromatic heterocycles. The maximum absolute atomic E-state index is 13.8. The number of hydrogen-bond donors (Lipinski definition) is 1. The van der Waals surface area contributed by atoms with E-state index in [9.17, 15) is 31.9 Å². The van der Waals surface area contributed by atoms with E-state index in [1.165, 1.54) is 36.3 Å².